The van der Waals surface area contributed by atoms with Gasteiger partial charge in [-0.2, -0.15) is 0 Å². The molecule has 0 aliphatic rings. The third-order valence-electron chi connectivity index (χ3n) is 1.86. The maximum atomic E-state index is 9.47. The van der Waals surface area contributed by atoms with Gasteiger partial charge in [0.2, 0.25) is 0 Å². The zero-order valence-corrected chi connectivity index (χ0v) is 8.18. The lowest BCUT2D eigenvalue weighted by molar-refractivity contribution is 0.163. The van der Waals surface area contributed by atoms with E-state index < -0.39 is 6.10 Å². The maximum absolute atomic E-state index is 9.47. The Hall–Kier alpha value is -1.54. The van der Waals surface area contributed by atoms with E-state index in [1.54, 1.807) is 6.08 Å². The van der Waals surface area contributed by atoms with Gasteiger partial charge in [0, 0.05) is 0 Å². The Kier molecular flexibility index (Phi) is 3.95. The molecule has 1 unspecified atom stereocenters. The molecule has 0 aliphatic heterocycles. The number of rotatable bonds is 4. The summed E-state index contributed by atoms with van der Waals surface area (Å²) in [7, 11) is 1.49. The van der Waals surface area contributed by atoms with Gasteiger partial charge in [-0.05, 0) is 11.6 Å². The fraction of sp³-hybridized carbons (Fsp3) is 0.167. The minimum absolute atomic E-state index is 0.345. The second-order valence-electron chi connectivity index (χ2n) is 2.89. The number of aliphatic hydroxyl groups excluding tert-OH is 1. The van der Waals surface area contributed by atoms with Crippen LogP contribution >= 0.6 is 0 Å². The number of ether oxygens (including phenoxy) is 1. The second-order valence-corrected chi connectivity index (χ2v) is 2.89. The van der Waals surface area contributed by atoms with E-state index in [1.165, 1.54) is 7.11 Å². The lowest BCUT2D eigenvalue weighted by atomic mass is 10.2. The van der Waals surface area contributed by atoms with E-state index >= 15 is 0 Å². The van der Waals surface area contributed by atoms with Crippen molar-refractivity contribution in [3.63, 3.8) is 0 Å². The predicted octanol–water partition coefficient (Wildman–Crippen LogP) is 2.22. The highest BCUT2D eigenvalue weighted by atomic mass is 16.5. The van der Waals surface area contributed by atoms with Crippen LogP contribution in [0, 0.1) is 0 Å². The molecule has 1 aromatic rings. The zero-order chi connectivity index (χ0) is 10.4. The molecule has 1 rings (SSSR count). The quantitative estimate of drug-likeness (QED) is 0.738. The average Bonchev–Trinajstić information content (AvgIpc) is 2.26. The Balaban J connectivity index is 2.60. The Morgan fingerprint density at radius 3 is 2.64 bits per heavy atom. The summed E-state index contributed by atoms with van der Waals surface area (Å²) >= 11 is 0. The average molecular weight is 190 g/mol. The minimum Gasteiger partial charge on any atom is -0.499 e. The molecule has 1 atom stereocenters. The van der Waals surface area contributed by atoms with Crippen LogP contribution in [0.2, 0.25) is 0 Å². The fourth-order valence-electron chi connectivity index (χ4n) is 0.994. The molecule has 1 N–H and O–H groups in total. The molecular weight excluding hydrogens is 176 g/mol. The third kappa shape index (κ3) is 3.07. The summed E-state index contributed by atoms with van der Waals surface area (Å²) in [5.41, 5.74) is 1.04. The van der Waals surface area contributed by atoms with Gasteiger partial charge in [-0.1, -0.05) is 43.0 Å². The predicted molar refractivity (Wildman–Crippen MR) is 57.6 cm³/mol. The molecule has 2 nitrogen and oxygen atoms in total. The summed E-state index contributed by atoms with van der Waals surface area (Å²) in [5.74, 6) is 0.345. The lowest BCUT2D eigenvalue weighted by Gasteiger charge is -2.07. The summed E-state index contributed by atoms with van der Waals surface area (Å²) in [5, 5.41) is 9.47. The Bertz CT molecular complexity index is 314. The highest BCUT2D eigenvalue weighted by Crippen LogP contribution is 2.06. The van der Waals surface area contributed by atoms with Crippen LogP contribution in [-0.2, 0) is 4.74 Å². The normalized spacial score (nSPS) is 12.7. The molecule has 14 heavy (non-hydrogen) atoms. The molecule has 0 spiro atoms. The molecule has 74 valence electrons. The monoisotopic (exact) mass is 190 g/mol. The van der Waals surface area contributed by atoms with Crippen LogP contribution in [0.3, 0.4) is 0 Å². The summed E-state index contributed by atoms with van der Waals surface area (Å²) < 4.78 is 4.80. The second kappa shape index (κ2) is 5.25. The summed E-state index contributed by atoms with van der Waals surface area (Å²) in [6.45, 7) is 3.56. The van der Waals surface area contributed by atoms with Crippen LogP contribution in [0.5, 0.6) is 0 Å². The standard InChI is InChI=1S/C12H14O2/c1-10(14-2)12(13)9-8-11-6-4-3-5-7-11/h3-9,12-13H,1H2,2H3/b9-8+. The third-order valence-corrected chi connectivity index (χ3v) is 1.86. The van der Waals surface area contributed by atoms with Gasteiger partial charge in [0.25, 0.3) is 0 Å². The van der Waals surface area contributed by atoms with Crippen LogP contribution in [0.25, 0.3) is 6.08 Å². The first kappa shape index (κ1) is 10.5. The van der Waals surface area contributed by atoms with Crippen molar-refractivity contribution in [2.45, 2.75) is 6.10 Å². The van der Waals surface area contributed by atoms with Gasteiger partial charge in [-0.15, -0.1) is 0 Å². The lowest BCUT2D eigenvalue weighted by Crippen LogP contribution is -2.06. The number of benzene rings is 1. The van der Waals surface area contributed by atoms with Crippen molar-refractivity contribution in [3.8, 4) is 0 Å². The van der Waals surface area contributed by atoms with Crippen molar-refractivity contribution >= 4 is 6.08 Å². The van der Waals surface area contributed by atoms with Gasteiger partial charge in [0.15, 0.2) is 0 Å². The number of aliphatic hydroxyl groups is 1. The van der Waals surface area contributed by atoms with Crippen LogP contribution in [0.4, 0.5) is 0 Å². The van der Waals surface area contributed by atoms with Crippen molar-refractivity contribution in [1.82, 2.24) is 0 Å². The molecule has 0 amide bonds. The van der Waals surface area contributed by atoms with E-state index in [9.17, 15) is 5.11 Å². The Morgan fingerprint density at radius 1 is 1.43 bits per heavy atom. The largest absolute Gasteiger partial charge is 0.499 e. The first-order valence-electron chi connectivity index (χ1n) is 4.38. The van der Waals surface area contributed by atoms with Crippen LogP contribution < -0.4 is 0 Å². The van der Waals surface area contributed by atoms with Crippen LogP contribution in [-0.4, -0.2) is 18.3 Å². The highest BCUT2D eigenvalue weighted by molar-refractivity contribution is 5.49. The SMILES string of the molecule is C=C(OC)C(O)/C=C/c1ccccc1. The van der Waals surface area contributed by atoms with E-state index in [0.717, 1.165) is 5.56 Å². The topological polar surface area (TPSA) is 29.5 Å². The minimum atomic E-state index is -0.750. The molecular formula is C12H14O2. The molecule has 0 heterocycles. The first-order valence-corrected chi connectivity index (χ1v) is 4.38. The molecule has 0 radical (unpaired) electrons. The van der Waals surface area contributed by atoms with Crippen LogP contribution in [0.15, 0.2) is 48.7 Å². The van der Waals surface area contributed by atoms with E-state index in [0.29, 0.717) is 5.76 Å². The van der Waals surface area contributed by atoms with Crippen molar-refractivity contribution in [2.24, 2.45) is 0 Å². The van der Waals surface area contributed by atoms with Gasteiger partial charge >= 0.3 is 0 Å². The van der Waals surface area contributed by atoms with Gasteiger partial charge in [-0.3, -0.25) is 0 Å². The number of hydrogen-bond acceptors (Lipinski definition) is 2. The molecule has 0 bridgehead atoms. The molecule has 0 saturated carbocycles. The maximum Gasteiger partial charge on any atom is 0.129 e. The first-order chi connectivity index (χ1) is 6.74. The van der Waals surface area contributed by atoms with Crippen LogP contribution in [0.1, 0.15) is 5.56 Å². The molecule has 0 aromatic heterocycles. The summed E-state index contributed by atoms with van der Waals surface area (Å²) in [4.78, 5) is 0. The summed E-state index contributed by atoms with van der Waals surface area (Å²) in [6, 6.07) is 9.74. The molecule has 0 aliphatic carbocycles. The number of methoxy groups -OCH3 is 1. The van der Waals surface area contributed by atoms with E-state index in [2.05, 4.69) is 6.58 Å². The molecule has 1 aromatic carbocycles. The fourth-order valence-corrected chi connectivity index (χ4v) is 0.994. The van der Waals surface area contributed by atoms with Crippen molar-refractivity contribution in [1.29, 1.82) is 0 Å². The zero-order valence-electron chi connectivity index (χ0n) is 8.18. The van der Waals surface area contributed by atoms with E-state index in [4.69, 9.17) is 4.74 Å². The number of hydrogen-bond donors (Lipinski definition) is 1. The Labute approximate surface area is 84.1 Å². The van der Waals surface area contributed by atoms with Gasteiger partial charge in [0.1, 0.15) is 11.9 Å². The molecule has 0 fully saturated rings. The van der Waals surface area contributed by atoms with Crippen molar-refractivity contribution < 1.29 is 9.84 Å². The molecule has 2 heteroatoms. The Morgan fingerprint density at radius 2 is 2.07 bits per heavy atom. The van der Waals surface area contributed by atoms with E-state index in [-0.39, 0.29) is 0 Å². The smallest absolute Gasteiger partial charge is 0.129 e. The van der Waals surface area contributed by atoms with Crippen molar-refractivity contribution in [3.05, 3.63) is 54.3 Å². The van der Waals surface area contributed by atoms with Gasteiger partial charge < -0.3 is 9.84 Å². The van der Waals surface area contributed by atoms with Gasteiger partial charge in [0.05, 0.1) is 7.11 Å². The van der Waals surface area contributed by atoms with Crippen molar-refractivity contribution in [2.75, 3.05) is 7.11 Å². The summed E-state index contributed by atoms with van der Waals surface area (Å²) in [6.07, 6.45) is 2.72. The highest BCUT2D eigenvalue weighted by Gasteiger charge is 2.02. The van der Waals surface area contributed by atoms with E-state index in [1.807, 2.05) is 36.4 Å². The van der Waals surface area contributed by atoms with Gasteiger partial charge in [-0.25, -0.2) is 0 Å². The molecule has 0 saturated heterocycles.